The number of nitrogens with zero attached hydrogens (tertiary/aromatic N) is 3. The number of carbonyl (C=O) groups is 2. The molecular weight excluding hydrogens is 472 g/mol. The Hall–Kier alpha value is -4.11. The zero-order valence-corrected chi connectivity index (χ0v) is 21.4. The van der Waals surface area contributed by atoms with Crippen molar-refractivity contribution in [2.75, 3.05) is 39.5 Å². The van der Waals surface area contributed by atoms with Gasteiger partial charge in [0, 0.05) is 35.7 Å². The molecule has 0 atom stereocenters. The molecule has 0 unspecified atom stereocenters. The number of aromatic nitrogens is 1. The van der Waals surface area contributed by atoms with Crippen molar-refractivity contribution in [3.8, 4) is 17.2 Å². The van der Waals surface area contributed by atoms with Crippen LogP contribution in [0.1, 0.15) is 34.2 Å². The van der Waals surface area contributed by atoms with Gasteiger partial charge in [0.25, 0.3) is 11.8 Å². The Kier molecular flexibility index (Phi) is 8.58. The molecule has 3 aromatic rings. The fraction of sp³-hybridized carbons (Fsp3) is 0.321. The fourth-order valence-electron chi connectivity index (χ4n) is 4.10. The van der Waals surface area contributed by atoms with Crippen LogP contribution in [-0.2, 0) is 9.53 Å². The van der Waals surface area contributed by atoms with E-state index in [1.807, 2.05) is 32.9 Å². The minimum Gasteiger partial charge on any atom is -0.490 e. The summed E-state index contributed by atoms with van der Waals surface area (Å²) >= 11 is 0. The largest absolute Gasteiger partial charge is 0.490 e. The molecule has 9 heteroatoms. The normalized spacial score (nSPS) is 13.5. The zero-order chi connectivity index (χ0) is 26.2. The van der Waals surface area contributed by atoms with E-state index >= 15 is 0 Å². The highest BCUT2D eigenvalue weighted by Gasteiger charge is 2.18. The van der Waals surface area contributed by atoms with Crippen molar-refractivity contribution in [3.63, 3.8) is 0 Å². The summed E-state index contributed by atoms with van der Waals surface area (Å²) in [5.41, 5.74) is 7.04. The molecule has 1 aromatic heterocycles. The summed E-state index contributed by atoms with van der Waals surface area (Å²) in [7, 11) is 0. The van der Waals surface area contributed by atoms with Crippen LogP contribution < -0.4 is 14.9 Å². The third kappa shape index (κ3) is 6.56. The molecule has 194 valence electrons. The number of benzene rings is 2. The van der Waals surface area contributed by atoms with E-state index in [4.69, 9.17) is 14.2 Å². The highest BCUT2D eigenvalue weighted by Crippen LogP contribution is 2.28. The van der Waals surface area contributed by atoms with Crippen LogP contribution in [0.2, 0.25) is 0 Å². The monoisotopic (exact) mass is 504 g/mol. The van der Waals surface area contributed by atoms with E-state index < -0.39 is 0 Å². The van der Waals surface area contributed by atoms with Crippen LogP contribution in [0.5, 0.6) is 11.5 Å². The van der Waals surface area contributed by atoms with E-state index in [1.165, 1.54) is 6.21 Å². The van der Waals surface area contributed by atoms with Gasteiger partial charge in [-0.3, -0.25) is 9.59 Å². The molecule has 0 radical (unpaired) electrons. The first-order valence-corrected chi connectivity index (χ1v) is 12.3. The molecule has 4 rings (SSSR count). The van der Waals surface area contributed by atoms with Gasteiger partial charge in [-0.15, -0.1) is 0 Å². The summed E-state index contributed by atoms with van der Waals surface area (Å²) in [6.07, 6.45) is 1.53. The summed E-state index contributed by atoms with van der Waals surface area (Å²) in [5, 5.41) is 4.09. The Labute approximate surface area is 216 Å². The molecule has 1 aliphatic rings. The third-order valence-electron chi connectivity index (χ3n) is 6.02. The molecule has 2 aromatic carbocycles. The van der Waals surface area contributed by atoms with Crippen molar-refractivity contribution in [3.05, 3.63) is 77.1 Å². The Balaban J connectivity index is 1.35. The highest BCUT2D eigenvalue weighted by molar-refractivity contribution is 5.95. The van der Waals surface area contributed by atoms with Crippen molar-refractivity contribution in [2.24, 2.45) is 5.10 Å². The van der Waals surface area contributed by atoms with Crippen LogP contribution in [-0.4, -0.2) is 67.0 Å². The molecule has 1 fully saturated rings. The van der Waals surface area contributed by atoms with Gasteiger partial charge in [0.15, 0.2) is 18.1 Å². The van der Waals surface area contributed by atoms with E-state index in [9.17, 15) is 9.59 Å². The number of carbonyl (C=O) groups excluding carboxylic acids is 2. The Morgan fingerprint density at radius 3 is 2.35 bits per heavy atom. The maximum absolute atomic E-state index is 12.5. The predicted molar refractivity (Wildman–Crippen MR) is 141 cm³/mol. The summed E-state index contributed by atoms with van der Waals surface area (Å²) in [5.74, 6) is 0.567. The van der Waals surface area contributed by atoms with Gasteiger partial charge in [-0.05, 0) is 80.9 Å². The molecule has 2 amide bonds. The first-order valence-electron chi connectivity index (χ1n) is 12.3. The maximum atomic E-state index is 12.5. The lowest BCUT2D eigenvalue weighted by atomic mass is 10.2. The van der Waals surface area contributed by atoms with Gasteiger partial charge in [-0.2, -0.15) is 5.10 Å². The maximum Gasteiger partial charge on any atom is 0.271 e. The van der Waals surface area contributed by atoms with Gasteiger partial charge in [0.1, 0.15) is 0 Å². The second kappa shape index (κ2) is 12.2. The molecule has 0 spiro atoms. The number of nitrogens with one attached hydrogen (secondary N) is 1. The van der Waals surface area contributed by atoms with Crippen LogP contribution in [0.25, 0.3) is 5.69 Å². The van der Waals surface area contributed by atoms with Crippen molar-refractivity contribution in [1.82, 2.24) is 14.9 Å². The molecule has 0 saturated carbocycles. The van der Waals surface area contributed by atoms with Crippen molar-refractivity contribution in [1.29, 1.82) is 0 Å². The molecule has 2 heterocycles. The summed E-state index contributed by atoms with van der Waals surface area (Å²) in [6.45, 7) is 8.53. The summed E-state index contributed by atoms with van der Waals surface area (Å²) < 4.78 is 18.8. The number of amides is 2. The van der Waals surface area contributed by atoms with Crippen molar-refractivity contribution >= 4 is 18.0 Å². The minimum absolute atomic E-state index is 0.0776. The molecule has 9 nitrogen and oxygen atoms in total. The average molecular weight is 505 g/mol. The van der Waals surface area contributed by atoms with E-state index in [-0.39, 0.29) is 18.4 Å². The van der Waals surface area contributed by atoms with Gasteiger partial charge in [-0.25, -0.2) is 5.43 Å². The molecule has 37 heavy (non-hydrogen) atoms. The number of rotatable bonds is 9. The second-order valence-corrected chi connectivity index (χ2v) is 8.62. The highest BCUT2D eigenvalue weighted by atomic mass is 16.5. The van der Waals surface area contributed by atoms with E-state index in [0.717, 1.165) is 17.1 Å². The fourth-order valence-corrected chi connectivity index (χ4v) is 4.10. The van der Waals surface area contributed by atoms with Crippen LogP contribution in [0.4, 0.5) is 0 Å². The van der Waals surface area contributed by atoms with E-state index in [1.54, 1.807) is 35.2 Å². The zero-order valence-electron chi connectivity index (χ0n) is 21.4. The Morgan fingerprint density at radius 1 is 0.973 bits per heavy atom. The molecule has 1 saturated heterocycles. The SMILES string of the molecule is CCOc1cc(/C=N\NC(=O)c2ccc(-n3c(C)ccc3C)cc2)ccc1OCC(=O)N1CCOCC1. The smallest absolute Gasteiger partial charge is 0.271 e. The lowest BCUT2D eigenvalue weighted by Gasteiger charge is -2.26. The molecule has 1 N–H and O–H groups in total. The van der Waals surface area contributed by atoms with Crippen LogP contribution >= 0.6 is 0 Å². The van der Waals surface area contributed by atoms with Crippen LogP contribution in [0.3, 0.4) is 0 Å². The van der Waals surface area contributed by atoms with Gasteiger partial charge >= 0.3 is 0 Å². The summed E-state index contributed by atoms with van der Waals surface area (Å²) in [6, 6.07) is 16.8. The van der Waals surface area contributed by atoms with Gasteiger partial charge < -0.3 is 23.7 Å². The molecule has 0 bridgehead atoms. The molecule has 0 aliphatic carbocycles. The predicted octanol–water partition coefficient (Wildman–Crippen LogP) is 3.49. The van der Waals surface area contributed by atoms with Gasteiger partial charge in [0.05, 0.1) is 26.0 Å². The van der Waals surface area contributed by atoms with E-state index in [0.29, 0.717) is 55.5 Å². The van der Waals surface area contributed by atoms with Crippen molar-refractivity contribution < 1.29 is 23.8 Å². The second-order valence-electron chi connectivity index (χ2n) is 8.62. The van der Waals surface area contributed by atoms with Gasteiger partial charge in [-0.1, -0.05) is 0 Å². The summed E-state index contributed by atoms with van der Waals surface area (Å²) in [4.78, 5) is 26.7. The number of hydrogen-bond acceptors (Lipinski definition) is 6. The Morgan fingerprint density at radius 2 is 1.68 bits per heavy atom. The number of ether oxygens (including phenoxy) is 3. The lowest BCUT2D eigenvalue weighted by Crippen LogP contribution is -2.43. The average Bonchev–Trinajstić information content (AvgIpc) is 3.26. The molecule has 1 aliphatic heterocycles. The number of hydrogen-bond donors (Lipinski definition) is 1. The van der Waals surface area contributed by atoms with E-state index in [2.05, 4.69) is 27.2 Å². The van der Waals surface area contributed by atoms with Crippen LogP contribution in [0.15, 0.2) is 59.7 Å². The standard InChI is InChI=1S/C28H32N4O5/c1-4-36-26-17-22(7-12-25(26)37-19-27(33)31-13-15-35-16-14-31)18-29-30-28(34)23-8-10-24(11-9-23)32-20(2)5-6-21(32)3/h5-12,17-18H,4,13-16,19H2,1-3H3,(H,30,34)/b29-18-. The quantitative estimate of drug-likeness (QED) is 0.356. The van der Waals surface area contributed by atoms with Crippen molar-refractivity contribution in [2.45, 2.75) is 20.8 Å². The number of morpholine rings is 1. The van der Waals surface area contributed by atoms with Crippen LogP contribution in [0, 0.1) is 13.8 Å². The first kappa shape index (κ1) is 26.0. The van der Waals surface area contributed by atoms with Gasteiger partial charge in [0.2, 0.25) is 0 Å². The number of aryl methyl sites for hydroxylation is 2. The lowest BCUT2D eigenvalue weighted by molar-refractivity contribution is -0.137. The third-order valence-corrected chi connectivity index (χ3v) is 6.02. The topological polar surface area (TPSA) is 94.4 Å². The minimum atomic E-state index is -0.310. The molecular formula is C28H32N4O5. The number of hydrazone groups is 1. The Bertz CT molecular complexity index is 1240. The first-order chi connectivity index (χ1) is 18.0.